The monoisotopic (exact) mass is 280 g/mol. The van der Waals surface area contributed by atoms with Crippen molar-refractivity contribution in [3.05, 3.63) is 34.9 Å². The highest BCUT2D eigenvalue weighted by atomic mass is 35.5. The molecule has 2 rings (SSSR count). The molecule has 2 nitrogen and oxygen atoms in total. The van der Waals surface area contributed by atoms with Crippen molar-refractivity contribution in [2.45, 2.75) is 57.7 Å². The Morgan fingerprint density at radius 1 is 1.37 bits per heavy atom. The summed E-state index contributed by atoms with van der Waals surface area (Å²) in [5, 5.41) is 8.10. The van der Waals surface area contributed by atoms with E-state index in [0.717, 1.165) is 5.02 Å². The maximum atomic E-state index is 6.04. The maximum absolute atomic E-state index is 6.04. The average molecular weight is 281 g/mol. The summed E-state index contributed by atoms with van der Waals surface area (Å²) in [5.41, 5.74) is 1.26. The molecule has 1 fully saturated rings. The summed E-state index contributed by atoms with van der Waals surface area (Å²) in [4.78, 5) is 0. The van der Waals surface area contributed by atoms with Crippen LogP contribution in [0.15, 0.2) is 24.3 Å². The van der Waals surface area contributed by atoms with E-state index in [9.17, 15) is 0 Å². The molecule has 1 aliphatic rings. The van der Waals surface area contributed by atoms with Gasteiger partial charge in [-0.05, 0) is 57.4 Å². The fourth-order valence-electron chi connectivity index (χ4n) is 2.92. The fraction of sp³-hybridized carbons (Fsp3) is 0.625. The molecule has 1 aromatic carbocycles. The molecule has 106 valence electrons. The Hall–Kier alpha value is -0.570. The van der Waals surface area contributed by atoms with E-state index in [2.05, 4.69) is 30.5 Å². The molecule has 0 radical (unpaired) electrons. The lowest BCUT2D eigenvalue weighted by Crippen LogP contribution is -2.40. The third kappa shape index (κ3) is 4.79. The van der Waals surface area contributed by atoms with Crippen molar-refractivity contribution in [3.63, 3.8) is 0 Å². The summed E-state index contributed by atoms with van der Waals surface area (Å²) in [6, 6.07) is 9.67. The van der Waals surface area contributed by atoms with Crippen LogP contribution in [0.1, 0.15) is 51.1 Å². The van der Waals surface area contributed by atoms with Gasteiger partial charge in [0.2, 0.25) is 0 Å². The first-order valence-electron chi connectivity index (χ1n) is 7.40. The summed E-state index contributed by atoms with van der Waals surface area (Å²) in [6.07, 6.45) is 5.22. The van der Waals surface area contributed by atoms with Crippen LogP contribution >= 0.6 is 11.6 Å². The molecule has 1 aliphatic heterocycles. The van der Waals surface area contributed by atoms with Gasteiger partial charge in [-0.15, -0.1) is 0 Å². The highest BCUT2D eigenvalue weighted by Crippen LogP contribution is 2.19. The van der Waals surface area contributed by atoms with E-state index in [1.807, 2.05) is 18.2 Å². The van der Waals surface area contributed by atoms with Crippen LogP contribution in [0.4, 0.5) is 0 Å². The van der Waals surface area contributed by atoms with E-state index in [0.29, 0.717) is 18.1 Å². The molecule has 3 atom stereocenters. The first kappa shape index (κ1) is 14.8. The molecule has 2 unspecified atom stereocenters. The van der Waals surface area contributed by atoms with Crippen molar-refractivity contribution < 1.29 is 0 Å². The summed E-state index contributed by atoms with van der Waals surface area (Å²) in [6.45, 7) is 5.66. The van der Waals surface area contributed by atoms with Gasteiger partial charge in [-0.2, -0.15) is 0 Å². The van der Waals surface area contributed by atoms with Gasteiger partial charge in [-0.1, -0.05) is 30.2 Å². The van der Waals surface area contributed by atoms with Crippen LogP contribution < -0.4 is 10.6 Å². The molecular weight excluding hydrogens is 256 g/mol. The number of hydrogen-bond acceptors (Lipinski definition) is 2. The van der Waals surface area contributed by atoms with Crippen LogP contribution in [0, 0.1) is 0 Å². The van der Waals surface area contributed by atoms with Gasteiger partial charge in [0.1, 0.15) is 0 Å². The number of hydrogen-bond donors (Lipinski definition) is 2. The molecule has 1 saturated heterocycles. The summed E-state index contributed by atoms with van der Waals surface area (Å²) in [7, 11) is 0. The lowest BCUT2D eigenvalue weighted by molar-refractivity contribution is 0.334. The van der Waals surface area contributed by atoms with Crippen LogP contribution in [0.3, 0.4) is 0 Å². The second-order valence-corrected chi connectivity index (χ2v) is 6.16. The number of piperidine rings is 1. The fourth-order valence-corrected chi connectivity index (χ4v) is 3.12. The summed E-state index contributed by atoms with van der Waals surface area (Å²) in [5.74, 6) is 0. The minimum atomic E-state index is 0.345. The molecule has 0 bridgehead atoms. The van der Waals surface area contributed by atoms with Crippen molar-refractivity contribution in [1.82, 2.24) is 10.6 Å². The first-order valence-corrected chi connectivity index (χ1v) is 7.78. The second-order valence-electron chi connectivity index (χ2n) is 5.73. The van der Waals surface area contributed by atoms with Crippen LogP contribution in [-0.4, -0.2) is 18.6 Å². The third-order valence-electron chi connectivity index (χ3n) is 3.93. The molecule has 1 aromatic rings. The average Bonchev–Trinajstić information content (AvgIpc) is 2.39. The lowest BCUT2D eigenvalue weighted by atomic mass is 9.98. The zero-order valence-electron chi connectivity index (χ0n) is 12.0. The minimum absolute atomic E-state index is 0.345. The minimum Gasteiger partial charge on any atom is -0.314 e. The Morgan fingerprint density at radius 3 is 2.89 bits per heavy atom. The van der Waals surface area contributed by atoms with Gasteiger partial charge in [-0.3, -0.25) is 0 Å². The van der Waals surface area contributed by atoms with Gasteiger partial charge in [-0.25, -0.2) is 0 Å². The predicted molar refractivity (Wildman–Crippen MR) is 82.7 cm³/mol. The molecule has 1 heterocycles. The standard InChI is InChI=1S/C16H25ClN2/c1-12(10-16-8-3-4-9-18-16)19-13(2)14-6-5-7-15(17)11-14/h5-7,11-13,16,18-19H,3-4,8-10H2,1-2H3/t12?,13-,16?/m1/s1. The highest BCUT2D eigenvalue weighted by molar-refractivity contribution is 6.30. The SMILES string of the molecule is CC(CC1CCCCN1)N[C@H](C)c1cccc(Cl)c1. The lowest BCUT2D eigenvalue weighted by Gasteiger charge is -2.28. The molecule has 0 aromatic heterocycles. The summed E-state index contributed by atoms with van der Waals surface area (Å²) >= 11 is 6.04. The van der Waals surface area contributed by atoms with Crippen molar-refractivity contribution in [3.8, 4) is 0 Å². The maximum Gasteiger partial charge on any atom is 0.0409 e. The van der Waals surface area contributed by atoms with Gasteiger partial charge in [0.25, 0.3) is 0 Å². The highest BCUT2D eigenvalue weighted by Gasteiger charge is 2.17. The van der Waals surface area contributed by atoms with Crippen LogP contribution in [0.25, 0.3) is 0 Å². The zero-order valence-corrected chi connectivity index (χ0v) is 12.7. The van der Waals surface area contributed by atoms with Crippen LogP contribution in [0.2, 0.25) is 5.02 Å². The van der Waals surface area contributed by atoms with Crippen molar-refractivity contribution in [2.24, 2.45) is 0 Å². The predicted octanol–water partition coefficient (Wildman–Crippen LogP) is 3.91. The number of rotatable bonds is 5. The molecule has 3 heteroatoms. The zero-order chi connectivity index (χ0) is 13.7. The van der Waals surface area contributed by atoms with Gasteiger partial charge in [0.05, 0.1) is 0 Å². The number of halogens is 1. The summed E-state index contributed by atoms with van der Waals surface area (Å²) < 4.78 is 0. The molecular formula is C16H25ClN2. The molecule has 0 aliphatic carbocycles. The molecule has 0 spiro atoms. The van der Waals surface area contributed by atoms with Crippen molar-refractivity contribution in [1.29, 1.82) is 0 Å². The van der Waals surface area contributed by atoms with E-state index in [-0.39, 0.29) is 0 Å². The van der Waals surface area contributed by atoms with Crippen molar-refractivity contribution >= 4 is 11.6 Å². The smallest absolute Gasteiger partial charge is 0.0409 e. The Bertz CT molecular complexity index is 388. The van der Waals surface area contributed by atoms with E-state index >= 15 is 0 Å². The quantitative estimate of drug-likeness (QED) is 0.854. The topological polar surface area (TPSA) is 24.1 Å². The van der Waals surface area contributed by atoms with Gasteiger partial charge in [0.15, 0.2) is 0 Å². The second kappa shape index (κ2) is 7.28. The Morgan fingerprint density at radius 2 is 2.21 bits per heavy atom. The Kier molecular flexibility index (Phi) is 5.68. The molecule has 19 heavy (non-hydrogen) atoms. The molecule has 0 saturated carbocycles. The van der Waals surface area contributed by atoms with Gasteiger partial charge >= 0.3 is 0 Å². The Labute approximate surface area is 121 Å². The Balaban J connectivity index is 1.82. The van der Waals surface area contributed by atoms with Crippen LogP contribution in [0.5, 0.6) is 0 Å². The van der Waals surface area contributed by atoms with Gasteiger partial charge < -0.3 is 10.6 Å². The molecule has 2 N–H and O–H groups in total. The van der Waals surface area contributed by atoms with Crippen LogP contribution in [-0.2, 0) is 0 Å². The normalized spacial score (nSPS) is 23.0. The van der Waals surface area contributed by atoms with E-state index in [1.165, 1.54) is 37.8 Å². The molecule has 0 amide bonds. The van der Waals surface area contributed by atoms with Gasteiger partial charge in [0, 0.05) is 23.1 Å². The van der Waals surface area contributed by atoms with E-state index in [1.54, 1.807) is 0 Å². The number of nitrogens with one attached hydrogen (secondary N) is 2. The van der Waals surface area contributed by atoms with Crippen molar-refractivity contribution in [2.75, 3.05) is 6.54 Å². The largest absolute Gasteiger partial charge is 0.314 e. The first-order chi connectivity index (χ1) is 9.15. The number of benzene rings is 1. The third-order valence-corrected chi connectivity index (χ3v) is 4.17. The van der Waals surface area contributed by atoms with E-state index < -0.39 is 0 Å². The van der Waals surface area contributed by atoms with E-state index in [4.69, 9.17) is 11.6 Å².